The molecule has 0 radical (unpaired) electrons. The highest BCUT2D eigenvalue weighted by molar-refractivity contribution is 5.85. The molecule has 5 rings (SSSR count). The fourth-order valence-corrected chi connectivity index (χ4v) is 4.33. The number of methoxy groups -OCH3 is 1. The smallest absolute Gasteiger partial charge is 0.320 e. The monoisotopic (exact) mass is 563 g/mol. The van der Waals surface area contributed by atoms with Crippen LogP contribution in [0.1, 0.15) is 11.1 Å². The van der Waals surface area contributed by atoms with Gasteiger partial charge in [0, 0.05) is 12.7 Å². The quantitative estimate of drug-likeness (QED) is 0.226. The zero-order chi connectivity index (χ0) is 27.5. The molecule has 2 aromatic heterocycles. The van der Waals surface area contributed by atoms with E-state index in [1.54, 1.807) is 37.4 Å². The third-order valence-corrected chi connectivity index (χ3v) is 6.31. The van der Waals surface area contributed by atoms with Gasteiger partial charge in [0.1, 0.15) is 29.0 Å². The summed E-state index contributed by atoms with van der Waals surface area (Å²) in [7, 11) is 1.59. The molecule has 0 bridgehead atoms. The number of nitrogens with zero attached hydrogens (tertiary/aromatic N) is 3. The Labute approximate surface area is 235 Å². The van der Waals surface area contributed by atoms with Gasteiger partial charge in [-0.05, 0) is 71.1 Å². The van der Waals surface area contributed by atoms with Crippen LogP contribution >= 0.6 is 12.4 Å². The number of aromatic nitrogens is 3. The van der Waals surface area contributed by atoms with E-state index in [-0.39, 0.29) is 36.5 Å². The van der Waals surface area contributed by atoms with Crippen molar-refractivity contribution in [2.75, 3.05) is 12.8 Å². The lowest BCUT2D eigenvalue weighted by atomic mass is 9.99. The van der Waals surface area contributed by atoms with Gasteiger partial charge in [-0.25, -0.2) is 4.39 Å². The number of carboxylic acids is 1. The van der Waals surface area contributed by atoms with Crippen LogP contribution in [0.4, 0.5) is 10.3 Å². The first-order valence-electron chi connectivity index (χ1n) is 12.1. The minimum absolute atomic E-state index is 0. The Balaban J connectivity index is 0.00000370. The fourth-order valence-electron chi connectivity index (χ4n) is 4.33. The maximum atomic E-state index is 14.3. The minimum Gasteiger partial charge on any atom is -0.497 e. The zero-order valence-electron chi connectivity index (χ0n) is 21.5. The van der Waals surface area contributed by atoms with E-state index in [1.165, 1.54) is 12.1 Å². The van der Waals surface area contributed by atoms with Gasteiger partial charge in [-0.1, -0.05) is 30.3 Å². The summed E-state index contributed by atoms with van der Waals surface area (Å²) in [6.07, 6.45) is 2.05. The van der Waals surface area contributed by atoms with E-state index >= 15 is 0 Å². The number of hydrogen-bond acceptors (Lipinski definition) is 7. The average Bonchev–Trinajstić information content (AvgIpc) is 3.33. The standard InChI is InChI=1S/C29H26FN5O4.ClH/c1-38-22-4-2-3-18(14-22)24-15-20(30)8-7-19(24)16-35-12-11-23-26(35)33-29(32)34-27(23)39-21-9-5-17(6-10-21)13-25(31)28(36)37;/h2-12,14-15,25H,13,16,31H2,1H3,(H,36,37)(H2,32,33,34);1H. The van der Waals surface area contributed by atoms with Crippen LogP contribution < -0.4 is 20.9 Å². The third-order valence-electron chi connectivity index (χ3n) is 6.31. The Hall–Kier alpha value is -4.67. The van der Waals surface area contributed by atoms with Gasteiger partial charge in [0.2, 0.25) is 11.8 Å². The summed E-state index contributed by atoms with van der Waals surface area (Å²) in [4.78, 5) is 19.7. The lowest BCUT2D eigenvalue weighted by Gasteiger charge is -2.13. The average molecular weight is 564 g/mol. The topological polar surface area (TPSA) is 139 Å². The number of carboxylic acid groups (broad SMARTS) is 1. The Morgan fingerprint density at radius 3 is 2.55 bits per heavy atom. The van der Waals surface area contributed by atoms with Crippen LogP contribution in [0.15, 0.2) is 79.0 Å². The second-order valence-corrected chi connectivity index (χ2v) is 9.00. The van der Waals surface area contributed by atoms with Crippen molar-refractivity contribution in [3.63, 3.8) is 0 Å². The van der Waals surface area contributed by atoms with Crippen molar-refractivity contribution >= 4 is 35.4 Å². The first kappa shape index (κ1) is 28.3. The van der Waals surface area contributed by atoms with Gasteiger partial charge in [-0.3, -0.25) is 4.79 Å². The van der Waals surface area contributed by atoms with Crippen molar-refractivity contribution in [3.8, 4) is 28.5 Å². The normalized spacial score (nSPS) is 11.6. The molecule has 0 aliphatic heterocycles. The molecule has 1 unspecified atom stereocenters. The fraction of sp³-hybridized carbons (Fsp3) is 0.138. The van der Waals surface area contributed by atoms with E-state index in [0.29, 0.717) is 29.1 Å². The summed E-state index contributed by atoms with van der Waals surface area (Å²) >= 11 is 0. The number of aliphatic carboxylic acids is 1. The molecule has 0 amide bonds. The van der Waals surface area contributed by atoms with Crippen LogP contribution in [0.3, 0.4) is 0 Å². The molecular formula is C29H27ClFN5O4. The summed E-state index contributed by atoms with van der Waals surface area (Å²) in [5, 5.41) is 9.67. The number of rotatable bonds is 9. The molecular weight excluding hydrogens is 537 g/mol. The molecule has 40 heavy (non-hydrogen) atoms. The molecule has 9 nitrogen and oxygen atoms in total. The number of fused-ring (bicyclic) bond motifs is 1. The van der Waals surface area contributed by atoms with Gasteiger partial charge in [-0.15, -0.1) is 12.4 Å². The number of hydrogen-bond donors (Lipinski definition) is 3. The second-order valence-electron chi connectivity index (χ2n) is 9.00. The van der Waals surface area contributed by atoms with Crippen LogP contribution in [0, 0.1) is 5.82 Å². The number of halogens is 2. The minimum atomic E-state index is -1.06. The molecule has 5 aromatic rings. The number of ether oxygens (including phenoxy) is 2. The van der Waals surface area contributed by atoms with E-state index in [1.807, 2.05) is 41.1 Å². The van der Waals surface area contributed by atoms with Crippen molar-refractivity contribution < 1.29 is 23.8 Å². The number of anilines is 1. The summed E-state index contributed by atoms with van der Waals surface area (Å²) in [5.41, 5.74) is 15.4. The summed E-state index contributed by atoms with van der Waals surface area (Å²) in [6.45, 7) is 0.394. The van der Waals surface area contributed by atoms with Crippen molar-refractivity contribution in [1.29, 1.82) is 0 Å². The molecule has 0 spiro atoms. The molecule has 0 saturated heterocycles. The number of nitrogens with two attached hydrogens (primary N) is 2. The summed E-state index contributed by atoms with van der Waals surface area (Å²) in [5.74, 6) is 0.0805. The van der Waals surface area contributed by atoms with E-state index in [2.05, 4.69) is 9.97 Å². The first-order valence-corrected chi connectivity index (χ1v) is 12.1. The molecule has 3 aromatic carbocycles. The van der Waals surface area contributed by atoms with Crippen molar-refractivity contribution in [2.24, 2.45) is 5.73 Å². The Kier molecular flexibility index (Phi) is 8.52. The molecule has 1 atom stereocenters. The van der Waals surface area contributed by atoms with Crippen molar-refractivity contribution in [1.82, 2.24) is 14.5 Å². The highest BCUT2D eigenvalue weighted by Crippen LogP contribution is 2.32. The Morgan fingerprint density at radius 2 is 1.82 bits per heavy atom. The highest BCUT2D eigenvalue weighted by Gasteiger charge is 2.16. The number of benzene rings is 3. The largest absolute Gasteiger partial charge is 0.497 e. The maximum Gasteiger partial charge on any atom is 0.320 e. The molecule has 206 valence electrons. The highest BCUT2D eigenvalue weighted by atomic mass is 35.5. The van der Waals surface area contributed by atoms with Crippen LogP contribution in [0.2, 0.25) is 0 Å². The van der Waals surface area contributed by atoms with Crippen LogP contribution in [-0.4, -0.2) is 38.8 Å². The number of carbonyl (C=O) groups is 1. The lowest BCUT2D eigenvalue weighted by Crippen LogP contribution is -2.32. The molecule has 2 heterocycles. The first-order chi connectivity index (χ1) is 18.8. The Morgan fingerprint density at radius 1 is 1.05 bits per heavy atom. The van der Waals surface area contributed by atoms with Gasteiger partial charge in [0.05, 0.1) is 12.5 Å². The van der Waals surface area contributed by atoms with Gasteiger partial charge in [-0.2, -0.15) is 9.97 Å². The third kappa shape index (κ3) is 6.14. The van der Waals surface area contributed by atoms with Gasteiger partial charge >= 0.3 is 5.97 Å². The number of nitrogen functional groups attached to an aromatic ring is 1. The Bertz CT molecular complexity index is 1660. The zero-order valence-corrected chi connectivity index (χ0v) is 22.3. The lowest BCUT2D eigenvalue weighted by molar-refractivity contribution is -0.138. The van der Waals surface area contributed by atoms with Crippen molar-refractivity contribution in [3.05, 3.63) is 95.9 Å². The maximum absolute atomic E-state index is 14.3. The molecule has 11 heteroatoms. The van der Waals surface area contributed by atoms with Gasteiger partial charge in [0.25, 0.3) is 0 Å². The molecule has 0 aliphatic carbocycles. The van der Waals surface area contributed by atoms with Crippen LogP contribution in [-0.2, 0) is 17.8 Å². The van der Waals surface area contributed by atoms with Gasteiger partial charge in [0.15, 0.2) is 0 Å². The molecule has 5 N–H and O–H groups in total. The summed E-state index contributed by atoms with van der Waals surface area (Å²) in [6, 6.07) is 19.9. The van der Waals surface area contributed by atoms with E-state index in [0.717, 1.165) is 22.3 Å². The molecule has 0 saturated carbocycles. The second kappa shape index (κ2) is 12.0. The predicted octanol–water partition coefficient (Wildman–Crippen LogP) is 5.05. The predicted molar refractivity (Wildman–Crippen MR) is 153 cm³/mol. The molecule has 0 fully saturated rings. The van der Waals surface area contributed by atoms with Gasteiger partial charge < -0.3 is 30.6 Å². The molecule has 0 aliphatic rings. The van der Waals surface area contributed by atoms with Crippen LogP contribution in [0.25, 0.3) is 22.2 Å². The van der Waals surface area contributed by atoms with Crippen molar-refractivity contribution in [2.45, 2.75) is 19.0 Å². The van der Waals surface area contributed by atoms with E-state index in [9.17, 15) is 9.18 Å². The van der Waals surface area contributed by atoms with E-state index < -0.39 is 12.0 Å². The van der Waals surface area contributed by atoms with Crippen LogP contribution in [0.5, 0.6) is 17.4 Å². The SMILES string of the molecule is COc1cccc(-c2cc(F)ccc2Cn2ccc3c(Oc4ccc(CC(N)C(=O)O)cc4)nc(N)nc32)c1.Cl. The van der Waals surface area contributed by atoms with E-state index in [4.69, 9.17) is 26.0 Å². The summed E-state index contributed by atoms with van der Waals surface area (Å²) < 4.78 is 27.5.